The van der Waals surface area contributed by atoms with Gasteiger partial charge in [0.15, 0.2) is 0 Å². The maximum absolute atomic E-state index is 12.5. The molecule has 5 nitrogen and oxygen atoms in total. The van der Waals surface area contributed by atoms with Crippen molar-refractivity contribution in [3.05, 3.63) is 0 Å². The summed E-state index contributed by atoms with van der Waals surface area (Å²) >= 11 is 0. The second kappa shape index (κ2) is 7.48. The Morgan fingerprint density at radius 1 is 1.16 bits per heavy atom. The number of nitrogens with zero attached hydrogens (tertiary/aromatic N) is 1. The summed E-state index contributed by atoms with van der Waals surface area (Å²) in [6, 6.07) is 0. The van der Waals surface area contributed by atoms with Crippen LogP contribution < -0.4 is 5.32 Å². The molecule has 1 aliphatic rings. The molecule has 0 unspecified atom stereocenters. The van der Waals surface area contributed by atoms with E-state index in [2.05, 4.69) is 5.32 Å². The molecule has 0 aromatic heterocycles. The number of carbonyl (C=O) groups excluding carboxylic acids is 2. The number of likely N-dealkylation sites (tertiary alicyclic amines) is 1. The van der Waals surface area contributed by atoms with Crippen molar-refractivity contribution >= 4 is 11.8 Å². The molecule has 1 aliphatic heterocycles. The minimum atomic E-state index is -1.00. The van der Waals surface area contributed by atoms with Gasteiger partial charge in [-0.05, 0) is 26.7 Å². The Hall–Kier alpha value is -1.10. The predicted molar refractivity (Wildman–Crippen MR) is 73.7 cm³/mol. The van der Waals surface area contributed by atoms with E-state index in [-0.39, 0.29) is 11.8 Å². The Morgan fingerprint density at radius 3 is 2.26 bits per heavy atom. The summed E-state index contributed by atoms with van der Waals surface area (Å²) in [4.78, 5) is 26.4. The van der Waals surface area contributed by atoms with Gasteiger partial charge in [0.2, 0.25) is 11.8 Å². The Bertz CT molecular complexity index is 308. The van der Waals surface area contributed by atoms with E-state index in [0.717, 1.165) is 25.9 Å². The summed E-state index contributed by atoms with van der Waals surface area (Å²) in [6.45, 7) is 5.83. The van der Waals surface area contributed by atoms with Gasteiger partial charge in [-0.1, -0.05) is 12.8 Å². The van der Waals surface area contributed by atoms with Crippen LogP contribution in [0.15, 0.2) is 0 Å². The van der Waals surface area contributed by atoms with E-state index in [9.17, 15) is 9.59 Å². The maximum Gasteiger partial charge on any atom is 0.237 e. The van der Waals surface area contributed by atoms with Crippen LogP contribution in [0.3, 0.4) is 0 Å². The monoisotopic (exact) mass is 270 g/mol. The smallest absolute Gasteiger partial charge is 0.237 e. The van der Waals surface area contributed by atoms with Gasteiger partial charge in [-0.25, -0.2) is 0 Å². The molecule has 19 heavy (non-hydrogen) atoms. The molecule has 0 saturated carbocycles. The van der Waals surface area contributed by atoms with Gasteiger partial charge >= 0.3 is 0 Å². The zero-order valence-electron chi connectivity index (χ0n) is 12.3. The van der Waals surface area contributed by atoms with Gasteiger partial charge in [0.1, 0.15) is 5.41 Å². The second-order valence-electron chi connectivity index (χ2n) is 5.58. The highest BCUT2D eigenvalue weighted by atomic mass is 16.5. The largest absolute Gasteiger partial charge is 0.383 e. The van der Waals surface area contributed by atoms with Crippen LogP contribution in [-0.4, -0.2) is 50.1 Å². The Kier molecular flexibility index (Phi) is 6.28. The van der Waals surface area contributed by atoms with E-state index in [1.54, 1.807) is 21.0 Å². The SMILES string of the molecule is COCCNC(=O)C(C)(C)C(=O)N1CCCCCC1. The van der Waals surface area contributed by atoms with Crippen molar-refractivity contribution in [1.82, 2.24) is 10.2 Å². The van der Waals surface area contributed by atoms with E-state index in [0.29, 0.717) is 13.2 Å². The molecule has 0 radical (unpaired) electrons. The van der Waals surface area contributed by atoms with Gasteiger partial charge in [0.05, 0.1) is 6.61 Å². The molecule has 0 aromatic carbocycles. The molecule has 0 atom stereocenters. The molecule has 5 heteroatoms. The van der Waals surface area contributed by atoms with E-state index >= 15 is 0 Å². The number of hydrogen-bond donors (Lipinski definition) is 1. The molecule has 1 heterocycles. The molecule has 1 rings (SSSR count). The number of methoxy groups -OCH3 is 1. The van der Waals surface area contributed by atoms with Crippen LogP contribution in [0.5, 0.6) is 0 Å². The summed E-state index contributed by atoms with van der Waals surface area (Å²) in [6.07, 6.45) is 4.41. The highest BCUT2D eigenvalue weighted by molar-refractivity contribution is 6.04. The third-order valence-electron chi connectivity index (χ3n) is 3.59. The van der Waals surface area contributed by atoms with Crippen LogP contribution in [0.2, 0.25) is 0 Å². The van der Waals surface area contributed by atoms with Crippen LogP contribution in [0.25, 0.3) is 0 Å². The molecular weight excluding hydrogens is 244 g/mol. The van der Waals surface area contributed by atoms with Crippen molar-refractivity contribution in [3.63, 3.8) is 0 Å². The lowest BCUT2D eigenvalue weighted by Gasteiger charge is -2.30. The average molecular weight is 270 g/mol. The lowest BCUT2D eigenvalue weighted by molar-refractivity contribution is -0.148. The quantitative estimate of drug-likeness (QED) is 0.603. The van der Waals surface area contributed by atoms with Crippen LogP contribution in [0.4, 0.5) is 0 Å². The molecule has 0 aliphatic carbocycles. The molecule has 1 fully saturated rings. The van der Waals surface area contributed by atoms with E-state index < -0.39 is 5.41 Å². The van der Waals surface area contributed by atoms with Crippen LogP contribution in [-0.2, 0) is 14.3 Å². The zero-order valence-corrected chi connectivity index (χ0v) is 12.3. The fraction of sp³-hybridized carbons (Fsp3) is 0.857. The Balaban J connectivity index is 2.58. The maximum atomic E-state index is 12.5. The highest BCUT2D eigenvalue weighted by Gasteiger charge is 2.38. The van der Waals surface area contributed by atoms with Gasteiger partial charge in [0, 0.05) is 26.7 Å². The van der Waals surface area contributed by atoms with Crippen molar-refractivity contribution < 1.29 is 14.3 Å². The van der Waals surface area contributed by atoms with Gasteiger partial charge < -0.3 is 15.0 Å². The van der Waals surface area contributed by atoms with Crippen molar-refractivity contribution in [2.75, 3.05) is 33.4 Å². The van der Waals surface area contributed by atoms with Gasteiger partial charge in [-0.15, -0.1) is 0 Å². The lowest BCUT2D eigenvalue weighted by Crippen LogP contribution is -2.50. The minimum absolute atomic E-state index is 0.0654. The normalized spacial score (nSPS) is 16.9. The number of carbonyl (C=O) groups is 2. The lowest BCUT2D eigenvalue weighted by atomic mass is 9.90. The third-order valence-corrected chi connectivity index (χ3v) is 3.59. The fourth-order valence-electron chi connectivity index (χ4n) is 2.25. The highest BCUT2D eigenvalue weighted by Crippen LogP contribution is 2.21. The Labute approximate surface area is 115 Å². The topological polar surface area (TPSA) is 58.6 Å². The number of hydrogen-bond acceptors (Lipinski definition) is 3. The molecule has 1 saturated heterocycles. The first-order chi connectivity index (χ1) is 9.00. The molecule has 1 N–H and O–H groups in total. The van der Waals surface area contributed by atoms with Gasteiger partial charge in [0.25, 0.3) is 0 Å². The molecule has 0 spiro atoms. The molecule has 0 aromatic rings. The Morgan fingerprint density at radius 2 is 1.74 bits per heavy atom. The molecular formula is C14H26N2O3. The third kappa shape index (κ3) is 4.49. The number of rotatable bonds is 5. The second-order valence-corrected chi connectivity index (χ2v) is 5.58. The summed E-state index contributed by atoms with van der Waals surface area (Å²) < 4.78 is 4.89. The van der Waals surface area contributed by atoms with Crippen molar-refractivity contribution in [2.45, 2.75) is 39.5 Å². The zero-order chi connectivity index (χ0) is 14.3. The number of ether oxygens (including phenoxy) is 1. The van der Waals surface area contributed by atoms with Gasteiger partial charge in [-0.2, -0.15) is 0 Å². The summed E-state index contributed by atoms with van der Waals surface area (Å²) in [7, 11) is 1.58. The van der Waals surface area contributed by atoms with Crippen molar-refractivity contribution in [3.8, 4) is 0 Å². The molecule has 2 amide bonds. The fourth-order valence-corrected chi connectivity index (χ4v) is 2.25. The summed E-state index contributed by atoms with van der Waals surface area (Å²) in [5, 5.41) is 2.75. The first-order valence-electron chi connectivity index (χ1n) is 7.06. The van der Waals surface area contributed by atoms with Crippen LogP contribution in [0.1, 0.15) is 39.5 Å². The summed E-state index contributed by atoms with van der Waals surface area (Å²) in [5.41, 5.74) is -1.00. The molecule has 110 valence electrons. The first-order valence-corrected chi connectivity index (χ1v) is 7.06. The van der Waals surface area contributed by atoms with E-state index in [1.807, 2.05) is 4.90 Å². The predicted octanol–water partition coefficient (Wildman–Crippen LogP) is 1.18. The average Bonchev–Trinajstić information content (AvgIpc) is 2.66. The number of amides is 2. The molecule has 0 bridgehead atoms. The van der Waals surface area contributed by atoms with Gasteiger partial charge in [-0.3, -0.25) is 9.59 Å². The van der Waals surface area contributed by atoms with Crippen molar-refractivity contribution in [1.29, 1.82) is 0 Å². The van der Waals surface area contributed by atoms with Crippen LogP contribution >= 0.6 is 0 Å². The van der Waals surface area contributed by atoms with E-state index in [4.69, 9.17) is 4.74 Å². The van der Waals surface area contributed by atoms with Crippen LogP contribution in [0, 0.1) is 5.41 Å². The first kappa shape index (κ1) is 16.0. The summed E-state index contributed by atoms with van der Waals surface area (Å²) in [5.74, 6) is -0.289. The van der Waals surface area contributed by atoms with E-state index in [1.165, 1.54) is 12.8 Å². The standard InChI is InChI=1S/C14H26N2O3/c1-14(2,12(17)15-8-11-19-3)13(18)16-9-6-4-5-7-10-16/h4-11H2,1-3H3,(H,15,17). The minimum Gasteiger partial charge on any atom is -0.383 e. The van der Waals surface area contributed by atoms with Crippen molar-refractivity contribution in [2.24, 2.45) is 5.41 Å². The number of nitrogens with one attached hydrogen (secondary N) is 1.